The third kappa shape index (κ3) is 1.97. The number of thiophene rings is 1. The van der Waals surface area contributed by atoms with Crippen molar-refractivity contribution in [2.75, 3.05) is 5.32 Å². The molecule has 4 heteroatoms. The van der Waals surface area contributed by atoms with Crippen LogP contribution in [-0.2, 0) is 0 Å². The van der Waals surface area contributed by atoms with Gasteiger partial charge in [0, 0.05) is 6.07 Å². The fraction of sp³-hybridized carbons (Fsp3) is 0. The predicted molar refractivity (Wildman–Crippen MR) is 55.3 cm³/mol. The second-order valence-corrected chi connectivity index (χ2v) is 3.66. The molecule has 0 saturated carbocycles. The molecule has 2 N–H and O–H groups in total. The number of carbonyl (C=O) groups is 1. The molecular formula is C10H9N2OS+. The molecule has 0 unspecified atom stereocenters. The van der Waals surface area contributed by atoms with E-state index in [-0.39, 0.29) is 5.91 Å². The van der Waals surface area contributed by atoms with E-state index in [1.54, 1.807) is 12.3 Å². The number of amides is 1. The molecule has 0 bridgehead atoms. The van der Waals surface area contributed by atoms with Crippen molar-refractivity contribution < 1.29 is 9.78 Å². The van der Waals surface area contributed by atoms with Gasteiger partial charge in [0.1, 0.15) is 4.88 Å². The van der Waals surface area contributed by atoms with Crippen LogP contribution in [0.3, 0.4) is 0 Å². The lowest BCUT2D eigenvalue weighted by Gasteiger charge is -1.93. The third-order valence-electron chi connectivity index (χ3n) is 1.70. The smallest absolute Gasteiger partial charge is 0.247 e. The van der Waals surface area contributed by atoms with Crippen molar-refractivity contribution in [3.63, 3.8) is 0 Å². The highest BCUT2D eigenvalue weighted by Gasteiger charge is 2.12. The van der Waals surface area contributed by atoms with Crippen molar-refractivity contribution in [2.45, 2.75) is 0 Å². The van der Waals surface area contributed by atoms with E-state index in [1.807, 2.05) is 29.6 Å². The number of aromatic nitrogens is 1. The Hall–Kier alpha value is -1.68. The molecule has 2 aromatic heterocycles. The van der Waals surface area contributed by atoms with Crippen LogP contribution in [0.2, 0.25) is 0 Å². The van der Waals surface area contributed by atoms with Crippen molar-refractivity contribution >= 4 is 23.1 Å². The lowest BCUT2D eigenvalue weighted by molar-refractivity contribution is -0.360. The average Bonchev–Trinajstić information content (AvgIpc) is 2.72. The van der Waals surface area contributed by atoms with Gasteiger partial charge in [0.05, 0.1) is 6.20 Å². The Morgan fingerprint density at radius 3 is 2.86 bits per heavy atom. The van der Waals surface area contributed by atoms with E-state index >= 15 is 0 Å². The summed E-state index contributed by atoms with van der Waals surface area (Å²) < 4.78 is 0. The van der Waals surface area contributed by atoms with Crippen molar-refractivity contribution in [2.24, 2.45) is 0 Å². The molecule has 2 aromatic rings. The van der Waals surface area contributed by atoms with Crippen molar-refractivity contribution in [3.8, 4) is 0 Å². The van der Waals surface area contributed by atoms with Gasteiger partial charge in [-0.25, -0.2) is 15.1 Å². The molecule has 0 aliphatic rings. The van der Waals surface area contributed by atoms with Crippen LogP contribution in [0.1, 0.15) is 9.67 Å². The maximum absolute atomic E-state index is 11.6. The number of rotatable bonds is 2. The van der Waals surface area contributed by atoms with Crippen LogP contribution in [0, 0.1) is 0 Å². The highest BCUT2D eigenvalue weighted by Crippen LogP contribution is 2.09. The fourth-order valence-corrected chi connectivity index (χ4v) is 1.68. The normalized spacial score (nSPS) is 9.71. The minimum Gasteiger partial charge on any atom is -0.247 e. The van der Waals surface area contributed by atoms with E-state index in [0.29, 0.717) is 10.7 Å². The molecule has 0 aromatic carbocycles. The third-order valence-corrected chi connectivity index (χ3v) is 2.57. The van der Waals surface area contributed by atoms with Gasteiger partial charge in [0.2, 0.25) is 0 Å². The number of hydrogen-bond donors (Lipinski definition) is 1. The van der Waals surface area contributed by atoms with Gasteiger partial charge >= 0.3 is 5.91 Å². The summed E-state index contributed by atoms with van der Waals surface area (Å²) >= 11 is 1.42. The topological polar surface area (TPSA) is 43.2 Å². The standard InChI is InChI=1S/C10H8N2OS/c13-10(8-4-3-7-14-8)12-9-5-1-2-6-11-9/h1-7H,(H,11,12,13)/p+1. The largest absolute Gasteiger partial charge is 0.349 e. The zero-order chi connectivity index (χ0) is 9.80. The Balaban J connectivity index is 2.10. The monoisotopic (exact) mass is 205 g/mol. The summed E-state index contributed by atoms with van der Waals surface area (Å²) in [6, 6.07) is 9.18. The van der Waals surface area contributed by atoms with E-state index < -0.39 is 0 Å². The molecule has 0 spiro atoms. The van der Waals surface area contributed by atoms with Gasteiger partial charge in [-0.1, -0.05) is 12.1 Å². The number of anilines is 1. The maximum Gasteiger partial charge on any atom is 0.349 e. The Morgan fingerprint density at radius 2 is 2.21 bits per heavy atom. The van der Waals surface area contributed by atoms with Crippen LogP contribution in [-0.4, -0.2) is 5.91 Å². The molecule has 70 valence electrons. The fourth-order valence-electron chi connectivity index (χ4n) is 1.06. The minimum absolute atomic E-state index is 0.0811. The van der Waals surface area contributed by atoms with Crippen LogP contribution < -0.4 is 10.3 Å². The zero-order valence-corrected chi connectivity index (χ0v) is 8.17. The second-order valence-electron chi connectivity index (χ2n) is 2.71. The quantitative estimate of drug-likeness (QED) is 0.798. The van der Waals surface area contributed by atoms with Gasteiger partial charge in [-0.05, 0) is 17.5 Å². The molecule has 0 aliphatic heterocycles. The minimum atomic E-state index is -0.0811. The van der Waals surface area contributed by atoms with Gasteiger partial charge in [-0.2, -0.15) is 0 Å². The van der Waals surface area contributed by atoms with Gasteiger partial charge in [-0.3, -0.25) is 0 Å². The van der Waals surface area contributed by atoms with Gasteiger partial charge < -0.3 is 0 Å². The lowest BCUT2D eigenvalue weighted by atomic mass is 10.4. The molecule has 0 radical (unpaired) electrons. The number of H-pyrrole nitrogens is 1. The summed E-state index contributed by atoms with van der Waals surface area (Å²) in [5, 5.41) is 4.64. The first kappa shape index (κ1) is 8.90. The predicted octanol–water partition coefficient (Wildman–Crippen LogP) is 1.81. The van der Waals surface area contributed by atoms with E-state index in [9.17, 15) is 4.79 Å². The molecule has 2 heterocycles. The molecule has 14 heavy (non-hydrogen) atoms. The first-order chi connectivity index (χ1) is 6.86. The van der Waals surface area contributed by atoms with Crippen LogP contribution in [0.25, 0.3) is 0 Å². The summed E-state index contributed by atoms with van der Waals surface area (Å²) in [5.41, 5.74) is 0. The molecule has 3 nitrogen and oxygen atoms in total. The lowest BCUT2D eigenvalue weighted by Crippen LogP contribution is -2.17. The first-order valence-electron chi connectivity index (χ1n) is 4.18. The maximum atomic E-state index is 11.6. The summed E-state index contributed by atoms with van der Waals surface area (Å²) in [5.74, 6) is 0.619. The molecule has 0 saturated heterocycles. The number of carbonyl (C=O) groups excluding carboxylic acids is 1. The van der Waals surface area contributed by atoms with Crippen LogP contribution in [0.4, 0.5) is 5.82 Å². The molecule has 0 aliphatic carbocycles. The van der Waals surface area contributed by atoms with Crippen LogP contribution in [0.5, 0.6) is 0 Å². The van der Waals surface area contributed by atoms with E-state index in [4.69, 9.17) is 0 Å². The van der Waals surface area contributed by atoms with E-state index in [1.165, 1.54) is 11.3 Å². The van der Waals surface area contributed by atoms with Gasteiger partial charge in [0.15, 0.2) is 0 Å². The van der Waals surface area contributed by atoms with Crippen LogP contribution >= 0.6 is 11.3 Å². The van der Waals surface area contributed by atoms with Crippen molar-refractivity contribution in [1.29, 1.82) is 0 Å². The summed E-state index contributed by atoms with van der Waals surface area (Å²) in [6.07, 6.45) is 1.77. The number of hydrogen-bond acceptors (Lipinski definition) is 2. The first-order valence-corrected chi connectivity index (χ1v) is 5.06. The van der Waals surface area contributed by atoms with E-state index in [0.717, 1.165) is 0 Å². The Morgan fingerprint density at radius 1 is 1.29 bits per heavy atom. The summed E-state index contributed by atoms with van der Waals surface area (Å²) in [4.78, 5) is 15.2. The van der Waals surface area contributed by atoms with Crippen molar-refractivity contribution in [1.82, 2.24) is 0 Å². The van der Waals surface area contributed by atoms with Gasteiger partial charge in [-0.15, -0.1) is 11.3 Å². The zero-order valence-electron chi connectivity index (χ0n) is 7.36. The highest BCUT2D eigenvalue weighted by molar-refractivity contribution is 7.12. The highest BCUT2D eigenvalue weighted by atomic mass is 32.1. The Labute approximate surface area is 85.4 Å². The average molecular weight is 205 g/mol. The molecule has 0 atom stereocenters. The SMILES string of the molecule is O=C(Nc1cccc[nH+]1)c1cccs1. The van der Waals surface area contributed by atoms with E-state index in [2.05, 4.69) is 10.3 Å². The Kier molecular flexibility index (Phi) is 2.55. The number of pyridine rings is 1. The molecular weight excluding hydrogens is 196 g/mol. The van der Waals surface area contributed by atoms with Crippen molar-refractivity contribution in [3.05, 3.63) is 46.8 Å². The molecule has 0 fully saturated rings. The summed E-state index contributed by atoms with van der Waals surface area (Å²) in [7, 11) is 0. The summed E-state index contributed by atoms with van der Waals surface area (Å²) in [6.45, 7) is 0. The molecule has 2 rings (SSSR count). The van der Waals surface area contributed by atoms with Crippen LogP contribution in [0.15, 0.2) is 41.9 Å². The Bertz CT molecular complexity index is 411. The molecule has 1 amide bonds. The van der Waals surface area contributed by atoms with Gasteiger partial charge in [0.25, 0.3) is 5.82 Å². The second kappa shape index (κ2) is 4.02. The number of aromatic amines is 1. The number of nitrogens with one attached hydrogen (secondary N) is 2.